The van der Waals surface area contributed by atoms with Gasteiger partial charge in [-0.25, -0.2) is 13.7 Å². The fourth-order valence-electron chi connectivity index (χ4n) is 3.70. The molecule has 1 aromatic carbocycles. The van der Waals surface area contributed by atoms with Crippen molar-refractivity contribution in [3.8, 4) is 0 Å². The van der Waals surface area contributed by atoms with Gasteiger partial charge in [0.05, 0.1) is 17.2 Å². The van der Waals surface area contributed by atoms with Crippen molar-refractivity contribution in [2.75, 3.05) is 13.1 Å². The molecule has 7 nitrogen and oxygen atoms in total. The average molecular weight is 451 g/mol. The lowest BCUT2D eigenvalue weighted by Crippen LogP contribution is -2.39. The highest BCUT2D eigenvalue weighted by molar-refractivity contribution is 9.10. The fourth-order valence-corrected chi connectivity index (χ4v) is 4.20. The van der Waals surface area contributed by atoms with Crippen LogP contribution in [0.15, 0.2) is 27.5 Å². The maximum Gasteiger partial charge on any atom is 0.410 e. The largest absolute Gasteiger partial charge is 0.447 e. The molecular formula is C19H20BrFN4O3. The second-order valence-corrected chi connectivity index (χ2v) is 8.12. The van der Waals surface area contributed by atoms with E-state index in [1.165, 1.54) is 12.1 Å². The monoisotopic (exact) mass is 450 g/mol. The number of H-pyrrole nitrogens is 1. The van der Waals surface area contributed by atoms with Crippen molar-refractivity contribution < 1.29 is 13.9 Å². The van der Waals surface area contributed by atoms with Crippen LogP contribution in [0.4, 0.5) is 9.18 Å². The summed E-state index contributed by atoms with van der Waals surface area (Å²) in [5.74, 6) is -0.413. The molecule has 0 saturated carbocycles. The molecule has 0 radical (unpaired) electrons. The van der Waals surface area contributed by atoms with E-state index in [1.807, 2.05) is 13.8 Å². The molecule has 0 atom stereocenters. The number of aromatic amines is 1. The van der Waals surface area contributed by atoms with Crippen molar-refractivity contribution >= 4 is 38.6 Å². The van der Waals surface area contributed by atoms with Crippen molar-refractivity contribution in [3.05, 3.63) is 44.5 Å². The first kappa shape index (κ1) is 18.9. The number of carbonyl (C=O) groups is 1. The number of carbonyl (C=O) groups excluding carboxylic acids is 1. The van der Waals surface area contributed by atoms with Crippen LogP contribution in [0.3, 0.4) is 0 Å². The summed E-state index contributed by atoms with van der Waals surface area (Å²) in [5, 5.41) is 4.96. The number of likely N-dealkylation sites (tertiary alicyclic amines) is 1. The standard InChI is InChI=1S/C19H20BrFN4O3/c1-10(2)28-19(27)24-7-5-11(6-8-24)14-9-15(26)22-18-16-12(20)3-4-13(21)17(16)23-25(14)18/h3-4,9-11H,5-8H2,1-2H3,(H,22,26). The third-order valence-corrected chi connectivity index (χ3v) is 5.66. The van der Waals surface area contributed by atoms with Gasteiger partial charge in [-0.3, -0.25) is 4.79 Å². The van der Waals surface area contributed by atoms with E-state index in [4.69, 9.17) is 4.74 Å². The molecule has 2 aromatic heterocycles. The van der Waals surface area contributed by atoms with Crippen LogP contribution in [-0.4, -0.2) is 44.8 Å². The Kier molecular flexibility index (Phi) is 4.86. The minimum absolute atomic E-state index is 0.0315. The zero-order valence-electron chi connectivity index (χ0n) is 15.5. The molecule has 3 heterocycles. The molecule has 1 fully saturated rings. The van der Waals surface area contributed by atoms with Gasteiger partial charge in [0.15, 0.2) is 5.82 Å². The lowest BCUT2D eigenvalue weighted by molar-refractivity contribution is 0.0689. The SMILES string of the molecule is CC(C)OC(=O)N1CCC(c2cc(=O)[nH]c3c4c(Br)ccc(F)c4nn23)CC1. The van der Waals surface area contributed by atoms with Crippen LogP contribution in [0.1, 0.15) is 38.3 Å². The first-order chi connectivity index (χ1) is 13.3. The predicted octanol–water partition coefficient (Wildman–Crippen LogP) is 3.80. The highest BCUT2D eigenvalue weighted by atomic mass is 79.9. The lowest BCUT2D eigenvalue weighted by Gasteiger charge is -2.31. The zero-order chi connectivity index (χ0) is 20.0. The molecule has 1 saturated heterocycles. The minimum Gasteiger partial charge on any atom is -0.447 e. The van der Waals surface area contributed by atoms with E-state index in [0.29, 0.717) is 41.4 Å². The van der Waals surface area contributed by atoms with Crippen molar-refractivity contribution in [1.82, 2.24) is 19.5 Å². The van der Waals surface area contributed by atoms with Crippen molar-refractivity contribution in [3.63, 3.8) is 0 Å². The van der Waals surface area contributed by atoms with Crippen molar-refractivity contribution in [1.29, 1.82) is 0 Å². The van der Waals surface area contributed by atoms with E-state index in [9.17, 15) is 14.0 Å². The number of aromatic nitrogens is 3. The van der Waals surface area contributed by atoms with Crippen LogP contribution in [-0.2, 0) is 4.74 Å². The summed E-state index contributed by atoms with van der Waals surface area (Å²) in [5.41, 5.74) is 1.13. The molecule has 1 N–H and O–H groups in total. The Balaban J connectivity index is 1.70. The summed E-state index contributed by atoms with van der Waals surface area (Å²) >= 11 is 3.42. The molecule has 3 aromatic rings. The maximum absolute atomic E-state index is 14.3. The van der Waals surface area contributed by atoms with Gasteiger partial charge in [0.25, 0.3) is 5.56 Å². The summed E-state index contributed by atoms with van der Waals surface area (Å²) < 4.78 is 21.8. The number of nitrogens with zero attached hydrogens (tertiary/aromatic N) is 3. The Hall–Kier alpha value is -2.42. The maximum atomic E-state index is 14.3. The highest BCUT2D eigenvalue weighted by Crippen LogP contribution is 2.32. The smallest absolute Gasteiger partial charge is 0.410 e. The Morgan fingerprint density at radius 3 is 2.75 bits per heavy atom. The summed E-state index contributed by atoms with van der Waals surface area (Å²) in [6.07, 6.45) is 0.861. The Bertz CT molecular complexity index is 1120. The first-order valence-corrected chi connectivity index (χ1v) is 9.99. The van der Waals surface area contributed by atoms with Crippen LogP contribution in [0, 0.1) is 5.82 Å². The average Bonchev–Trinajstić information content (AvgIpc) is 3.04. The normalized spacial score (nSPS) is 15.7. The van der Waals surface area contributed by atoms with Gasteiger partial charge in [0, 0.05) is 29.5 Å². The second kappa shape index (κ2) is 7.20. The van der Waals surface area contributed by atoms with Crippen LogP contribution in [0.25, 0.3) is 16.6 Å². The Morgan fingerprint density at radius 1 is 1.36 bits per heavy atom. The number of benzene rings is 1. The number of halogens is 2. The van der Waals surface area contributed by atoms with E-state index in [-0.39, 0.29) is 29.2 Å². The molecule has 1 amide bonds. The van der Waals surface area contributed by atoms with Gasteiger partial charge in [-0.15, -0.1) is 0 Å². The molecule has 148 valence electrons. The predicted molar refractivity (Wildman–Crippen MR) is 106 cm³/mol. The summed E-state index contributed by atoms with van der Waals surface area (Å²) in [6, 6.07) is 4.45. The lowest BCUT2D eigenvalue weighted by atomic mass is 9.93. The number of ether oxygens (including phenoxy) is 1. The summed E-state index contributed by atoms with van der Waals surface area (Å²) in [4.78, 5) is 28.8. The van der Waals surface area contributed by atoms with Crippen LogP contribution in [0.5, 0.6) is 0 Å². The molecule has 28 heavy (non-hydrogen) atoms. The van der Waals surface area contributed by atoms with Gasteiger partial charge in [-0.1, -0.05) is 0 Å². The van der Waals surface area contributed by atoms with E-state index in [0.717, 1.165) is 5.69 Å². The molecule has 1 aliphatic heterocycles. The van der Waals surface area contributed by atoms with Gasteiger partial charge < -0.3 is 14.6 Å². The number of nitrogens with one attached hydrogen (secondary N) is 1. The summed E-state index contributed by atoms with van der Waals surface area (Å²) in [7, 11) is 0. The molecule has 0 unspecified atom stereocenters. The van der Waals surface area contributed by atoms with E-state index >= 15 is 0 Å². The molecular weight excluding hydrogens is 431 g/mol. The first-order valence-electron chi connectivity index (χ1n) is 9.20. The van der Waals surface area contributed by atoms with Gasteiger partial charge in [-0.05, 0) is 54.8 Å². The third kappa shape index (κ3) is 3.28. The molecule has 0 spiro atoms. The number of hydrogen-bond acceptors (Lipinski definition) is 4. The van der Waals surface area contributed by atoms with Crippen molar-refractivity contribution in [2.24, 2.45) is 0 Å². The van der Waals surface area contributed by atoms with E-state index in [1.54, 1.807) is 15.5 Å². The Morgan fingerprint density at radius 2 is 2.07 bits per heavy atom. The molecule has 9 heteroatoms. The number of hydrogen-bond donors (Lipinski definition) is 1. The number of amides is 1. The third-order valence-electron chi connectivity index (χ3n) is 5.00. The van der Waals surface area contributed by atoms with Crippen molar-refractivity contribution in [2.45, 2.75) is 38.7 Å². The topological polar surface area (TPSA) is 79.7 Å². The van der Waals surface area contributed by atoms with E-state index in [2.05, 4.69) is 26.0 Å². The molecule has 4 rings (SSSR count). The van der Waals surface area contributed by atoms with Gasteiger partial charge in [0.2, 0.25) is 0 Å². The van der Waals surface area contributed by atoms with Gasteiger partial charge >= 0.3 is 6.09 Å². The highest BCUT2D eigenvalue weighted by Gasteiger charge is 2.28. The Labute approximate surface area is 168 Å². The molecule has 0 bridgehead atoms. The quantitative estimate of drug-likeness (QED) is 0.643. The van der Waals surface area contributed by atoms with Crippen LogP contribution < -0.4 is 5.56 Å². The fraction of sp³-hybridized carbons (Fsp3) is 0.421. The van der Waals surface area contributed by atoms with Gasteiger partial charge in [-0.2, -0.15) is 5.10 Å². The number of rotatable bonds is 2. The van der Waals surface area contributed by atoms with Gasteiger partial charge in [0.1, 0.15) is 11.2 Å². The van der Waals surface area contributed by atoms with Crippen LogP contribution in [0.2, 0.25) is 0 Å². The zero-order valence-corrected chi connectivity index (χ0v) is 17.1. The summed E-state index contributed by atoms with van der Waals surface area (Å²) in [6.45, 7) is 4.70. The molecule has 0 aliphatic carbocycles. The van der Waals surface area contributed by atoms with E-state index < -0.39 is 5.82 Å². The number of piperidine rings is 1. The molecule has 1 aliphatic rings. The minimum atomic E-state index is -0.444. The number of fused-ring (bicyclic) bond motifs is 3. The van der Waals surface area contributed by atoms with Crippen LogP contribution >= 0.6 is 15.9 Å². The second-order valence-electron chi connectivity index (χ2n) is 7.27.